The van der Waals surface area contributed by atoms with Crippen molar-refractivity contribution in [3.05, 3.63) is 0 Å². The maximum absolute atomic E-state index is 5.06. The van der Waals surface area contributed by atoms with Crippen LogP contribution in [-0.2, 0) is 4.74 Å². The average Bonchev–Trinajstić information content (AvgIpc) is 2.07. The van der Waals surface area contributed by atoms with Crippen molar-refractivity contribution >= 4 is 0 Å². The lowest BCUT2D eigenvalue weighted by atomic mass is 10.1. The van der Waals surface area contributed by atoms with E-state index in [0.717, 1.165) is 12.8 Å². The Hall–Kier alpha value is -0.120. The van der Waals surface area contributed by atoms with Crippen LogP contribution in [0.2, 0.25) is 0 Å². The smallest absolute Gasteiger partial charge is 0.0986 e. The van der Waals surface area contributed by atoms with Gasteiger partial charge >= 0.3 is 0 Å². The third kappa shape index (κ3) is 2.77. The van der Waals surface area contributed by atoms with Gasteiger partial charge in [0.15, 0.2) is 0 Å². The molecule has 0 atom stereocenters. The molecular weight excluding hydrogens is 140 g/mol. The Morgan fingerprint density at radius 2 is 2.09 bits per heavy atom. The second kappa shape index (κ2) is 4.70. The third-order valence-corrected chi connectivity index (χ3v) is 2.31. The zero-order valence-electron chi connectivity index (χ0n) is 7.47. The Bertz CT molecular complexity index is 100. The third-order valence-electron chi connectivity index (χ3n) is 2.31. The van der Waals surface area contributed by atoms with Crippen molar-refractivity contribution in [1.82, 2.24) is 10.2 Å². The summed E-state index contributed by atoms with van der Waals surface area (Å²) >= 11 is 0. The molecule has 1 heterocycles. The number of hydrogen-bond donors (Lipinski definition) is 1. The SMILES string of the molecule is CNC1CCN(COC)CC1. The molecule has 0 bridgehead atoms. The maximum Gasteiger partial charge on any atom is 0.0986 e. The molecule has 1 aliphatic rings. The topological polar surface area (TPSA) is 24.5 Å². The number of rotatable bonds is 3. The van der Waals surface area contributed by atoms with Gasteiger partial charge in [-0.1, -0.05) is 0 Å². The van der Waals surface area contributed by atoms with Gasteiger partial charge in [-0.15, -0.1) is 0 Å². The summed E-state index contributed by atoms with van der Waals surface area (Å²) in [4.78, 5) is 2.34. The van der Waals surface area contributed by atoms with E-state index in [1.165, 1.54) is 25.9 Å². The van der Waals surface area contributed by atoms with Crippen LogP contribution in [0.15, 0.2) is 0 Å². The van der Waals surface area contributed by atoms with Gasteiger partial charge in [-0.25, -0.2) is 0 Å². The van der Waals surface area contributed by atoms with Crippen LogP contribution in [0.3, 0.4) is 0 Å². The molecule has 11 heavy (non-hydrogen) atoms. The predicted octanol–water partition coefficient (Wildman–Crippen LogP) is 0.274. The summed E-state index contributed by atoms with van der Waals surface area (Å²) in [5.74, 6) is 0. The quantitative estimate of drug-likeness (QED) is 0.638. The van der Waals surface area contributed by atoms with Crippen molar-refractivity contribution in [1.29, 1.82) is 0 Å². The number of ether oxygens (including phenoxy) is 1. The van der Waals surface area contributed by atoms with Gasteiger partial charge in [0, 0.05) is 26.2 Å². The Balaban J connectivity index is 2.14. The molecule has 1 aliphatic heterocycles. The molecule has 1 rings (SSSR count). The van der Waals surface area contributed by atoms with E-state index in [2.05, 4.69) is 10.2 Å². The van der Waals surface area contributed by atoms with Crippen LogP contribution < -0.4 is 5.32 Å². The first kappa shape index (κ1) is 8.97. The molecule has 0 aliphatic carbocycles. The van der Waals surface area contributed by atoms with E-state index in [1.54, 1.807) is 7.11 Å². The van der Waals surface area contributed by atoms with Gasteiger partial charge in [0.2, 0.25) is 0 Å². The molecule has 0 aromatic carbocycles. The number of nitrogens with zero attached hydrogens (tertiary/aromatic N) is 1. The predicted molar refractivity (Wildman–Crippen MR) is 45.5 cm³/mol. The van der Waals surface area contributed by atoms with Gasteiger partial charge < -0.3 is 10.1 Å². The molecule has 1 saturated heterocycles. The summed E-state index contributed by atoms with van der Waals surface area (Å²) in [5.41, 5.74) is 0. The van der Waals surface area contributed by atoms with Gasteiger partial charge in [0.25, 0.3) is 0 Å². The molecule has 1 fully saturated rings. The summed E-state index contributed by atoms with van der Waals surface area (Å²) < 4.78 is 5.06. The molecule has 0 unspecified atom stereocenters. The normalized spacial score (nSPS) is 22.4. The number of methoxy groups -OCH3 is 1. The van der Waals surface area contributed by atoms with Crippen LogP contribution >= 0.6 is 0 Å². The van der Waals surface area contributed by atoms with Crippen molar-refractivity contribution in [2.45, 2.75) is 18.9 Å². The summed E-state index contributed by atoms with van der Waals surface area (Å²) in [7, 11) is 3.79. The highest BCUT2D eigenvalue weighted by molar-refractivity contribution is 4.74. The number of likely N-dealkylation sites (tertiary alicyclic amines) is 1. The molecule has 0 aromatic rings. The monoisotopic (exact) mass is 158 g/mol. The van der Waals surface area contributed by atoms with Gasteiger partial charge in [-0.2, -0.15) is 0 Å². The van der Waals surface area contributed by atoms with E-state index >= 15 is 0 Å². The zero-order chi connectivity index (χ0) is 8.10. The fourth-order valence-electron chi connectivity index (χ4n) is 1.53. The Morgan fingerprint density at radius 3 is 2.55 bits per heavy atom. The van der Waals surface area contributed by atoms with Gasteiger partial charge in [0.1, 0.15) is 0 Å². The molecule has 1 N–H and O–H groups in total. The summed E-state index contributed by atoms with van der Waals surface area (Å²) in [5, 5.41) is 3.30. The summed E-state index contributed by atoms with van der Waals surface area (Å²) in [6, 6.07) is 0.725. The lowest BCUT2D eigenvalue weighted by Gasteiger charge is -2.30. The van der Waals surface area contributed by atoms with E-state index in [4.69, 9.17) is 4.74 Å². The largest absolute Gasteiger partial charge is 0.369 e. The average molecular weight is 158 g/mol. The number of hydrogen-bond acceptors (Lipinski definition) is 3. The van der Waals surface area contributed by atoms with Gasteiger partial charge in [0.05, 0.1) is 6.73 Å². The maximum atomic E-state index is 5.06. The minimum atomic E-state index is 0.725. The number of nitrogens with one attached hydrogen (secondary N) is 1. The zero-order valence-corrected chi connectivity index (χ0v) is 7.47. The Morgan fingerprint density at radius 1 is 1.45 bits per heavy atom. The van der Waals surface area contributed by atoms with Crippen LogP contribution in [0.4, 0.5) is 0 Å². The van der Waals surface area contributed by atoms with Crippen LogP contribution in [0.25, 0.3) is 0 Å². The Labute approximate surface area is 68.7 Å². The molecule has 0 saturated carbocycles. The lowest BCUT2D eigenvalue weighted by molar-refractivity contribution is 0.0448. The highest BCUT2D eigenvalue weighted by Crippen LogP contribution is 2.08. The molecule has 3 heteroatoms. The second-order valence-corrected chi connectivity index (χ2v) is 3.10. The van der Waals surface area contributed by atoms with E-state index < -0.39 is 0 Å². The van der Waals surface area contributed by atoms with Crippen molar-refractivity contribution in [2.24, 2.45) is 0 Å². The van der Waals surface area contributed by atoms with E-state index in [-0.39, 0.29) is 0 Å². The minimum absolute atomic E-state index is 0.725. The number of piperidine rings is 1. The highest BCUT2D eigenvalue weighted by Gasteiger charge is 2.16. The van der Waals surface area contributed by atoms with Crippen molar-refractivity contribution < 1.29 is 4.74 Å². The molecule has 3 nitrogen and oxygen atoms in total. The second-order valence-electron chi connectivity index (χ2n) is 3.10. The minimum Gasteiger partial charge on any atom is -0.369 e. The van der Waals surface area contributed by atoms with E-state index in [1.807, 2.05) is 7.05 Å². The van der Waals surface area contributed by atoms with Gasteiger partial charge in [-0.05, 0) is 19.9 Å². The van der Waals surface area contributed by atoms with Crippen LogP contribution in [0.5, 0.6) is 0 Å². The summed E-state index contributed by atoms with van der Waals surface area (Å²) in [6.07, 6.45) is 2.50. The molecule has 0 spiro atoms. The van der Waals surface area contributed by atoms with Crippen LogP contribution in [-0.4, -0.2) is 44.9 Å². The first-order chi connectivity index (χ1) is 5.36. The molecule has 66 valence electrons. The molecule has 0 amide bonds. The molecule has 0 radical (unpaired) electrons. The lowest BCUT2D eigenvalue weighted by Crippen LogP contribution is -2.41. The standard InChI is InChI=1S/C8H18N2O/c1-9-8-3-5-10(6-4-8)7-11-2/h8-9H,3-7H2,1-2H3. The fourth-order valence-corrected chi connectivity index (χ4v) is 1.53. The van der Waals surface area contributed by atoms with Crippen LogP contribution in [0.1, 0.15) is 12.8 Å². The van der Waals surface area contributed by atoms with E-state index in [9.17, 15) is 0 Å². The van der Waals surface area contributed by atoms with Gasteiger partial charge in [-0.3, -0.25) is 4.90 Å². The fraction of sp³-hybridized carbons (Fsp3) is 1.00. The van der Waals surface area contributed by atoms with Crippen molar-refractivity contribution in [3.8, 4) is 0 Å². The molecule has 0 aromatic heterocycles. The van der Waals surface area contributed by atoms with Crippen molar-refractivity contribution in [3.63, 3.8) is 0 Å². The highest BCUT2D eigenvalue weighted by atomic mass is 16.5. The first-order valence-electron chi connectivity index (χ1n) is 4.25. The Kier molecular flexibility index (Phi) is 3.83. The molecular formula is C8H18N2O. The van der Waals surface area contributed by atoms with Crippen LogP contribution in [0, 0.1) is 0 Å². The van der Waals surface area contributed by atoms with E-state index in [0.29, 0.717) is 0 Å². The van der Waals surface area contributed by atoms with Crippen molar-refractivity contribution in [2.75, 3.05) is 34.0 Å². The first-order valence-corrected chi connectivity index (χ1v) is 4.25. The summed E-state index contributed by atoms with van der Waals surface area (Å²) in [6.45, 7) is 3.12.